The maximum Gasteiger partial charge on any atom is 0.337 e. The molecule has 5 nitrogen and oxygen atoms in total. The van der Waals surface area contributed by atoms with Crippen molar-refractivity contribution in [3.63, 3.8) is 0 Å². The predicted octanol–water partition coefficient (Wildman–Crippen LogP) is 1.62. The van der Waals surface area contributed by atoms with Gasteiger partial charge in [-0.15, -0.1) is 0 Å². The Balaban J connectivity index is 2.35. The topological polar surface area (TPSA) is 68.0 Å². The van der Waals surface area contributed by atoms with Crippen molar-refractivity contribution < 1.29 is 9.90 Å². The number of rotatable bonds is 2. The summed E-state index contributed by atoms with van der Waals surface area (Å²) in [4.78, 5) is 14.5. The minimum atomic E-state index is -1.01. The van der Waals surface area contributed by atoms with E-state index in [1.165, 1.54) is 16.9 Å². The summed E-state index contributed by atoms with van der Waals surface area (Å²) >= 11 is 5.64. The molecule has 0 amide bonds. The molecule has 2 heterocycles. The van der Waals surface area contributed by atoms with Gasteiger partial charge in [0.25, 0.3) is 0 Å². The lowest BCUT2D eigenvalue weighted by atomic mass is 10.3. The van der Waals surface area contributed by atoms with E-state index in [2.05, 4.69) is 10.1 Å². The summed E-state index contributed by atoms with van der Waals surface area (Å²) in [5.74, 6) is -0.487. The van der Waals surface area contributed by atoms with E-state index in [1.54, 1.807) is 18.3 Å². The fourth-order valence-electron chi connectivity index (χ4n) is 1.08. The number of aromatic nitrogens is 3. The van der Waals surface area contributed by atoms with Crippen LogP contribution in [0.4, 0.5) is 0 Å². The highest BCUT2D eigenvalue weighted by Gasteiger charge is 2.04. The lowest BCUT2D eigenvalue weighted by Gasteiger charge is -1.99. The normalized spacial score (nSPS) is 10.2. The Hall–Kier alpha value is -1.88. The molecular weight excluding hydrogens is 218 g/mol. The molecule has 2 aromatic heterocycles. The molecule has 0 spiro atoms. The highest BCUT2D eigenvalue weighted by atomic mass is 35.5. The van der Waals surface area contributed by atoms with Crippen molar-refractivity contribution in [2.24, 2.45) is 0 Å². The molecule has 0 aliphatic carbocycles. The Morgan fingerprint density at radius 2 is 2.20 bits per heavy atom. The Labute approximate surface area is 89.9 Å². The average molecular weight is 224 g/mol. The third-order valence-electron chi connectivity index (χ3n) is 1.79. The zero-order chi connectivity index (χ0) is 10.8. The van der Waals surface area contributed by atoms with Crippen molar-refractivity contribution in [1.82, 2.24) is 14.8 Å². The largest absolute Gasteiger partial charge is 0.478 e. The van der Waals surface area contributed by atoms with Crippen LogP contribution in [0.5, 0.6) is 0 Å². The molecule has 0 atom stereocenters. The lowest BCUT2D eigenvalue weighted by molar-refractivity contribution is 0.0696. The fourth-order valence-corrected chi connectivity index (χ4v) is 1.22. The quantitative estimate of drug-likeness (QED) is 0.840. The first kappa shape index (κ1) is 9.67. The van der Waals surface area contributed by atoms with E-state index in [0.717, 1.165) is 0 Å². The smallest absolute Gasteiger partial charge is 0.337 e. The number of carbonyl (C=O) groups is 1. The van der Waals surface area contributed by atoms with Gasteiger partial charge in [0, 0.05) is 12.4 Å². The van der Waals surface area contributed by atoms with Crippen LogP contribution < -0.4 is 0 Å². The summed E-state index contributed by atoms with van der Waals surface area (Å²) in [6.07, 6.45) is 2.92. The SMILES string of the molecule is O=C(O)c1ccc(-n2ccc(Cl)n2)nc1. The number of halogens is 1. The van der Waals surface area contributed by atoms with Gasteiger partial charge >= 0.3 is 5.97 Å². The van der Waals surface area contributed by atoms with Gasteiger partial charge in [-0.25, -0.2) is 14.5 Å². The monoisotopic (exact) mass is 223 g/mol. The van der Waals surface area contributed by atoms with Crippen molar-refractivity contribution in [1.29, 1.82) is 0 Å². The van der Waals surface area contributed by atoms with Crippen LogP contribution in [0.1, 0.15) is 10.4 Å². The molecule has 0 aliphatic heterocycles. The minimum absolute atomic E-state index is 0.136. The fraction of sp³-hybridized carbons (Fsp3) is 0. The number of hydrogen-bond acceptors (Lipinski definition) is 3. The minimum Gasteiger partial charge on any atom is -0.478 e. The van der Waals surface area contributed by atoms with E-state index >= 15 is 0 Å². The van der Waals surface area contributed by atoms with Crippen LogP contribution in [-0.4, -0.2) is 25.8 Å². The van der Waals surface area contributed by atoms with Gasteiger partial charge in [0.1, 0.15) is 0 Å². The molecule has 0 aromatic carbocycles. The highest BCUT2D eigenvalue weighted by Crippen LogP contribution is 2.08. The van der Waals surface area contributed by atoms with Gasteiger partial charge in [-0.05, 0) is 18.2 Å². The van der Waals surface area contributed by atoms with Crippen molar-refractivity contribution in [3.8, 4) is 5.82 Å². The first-order valence-electron chi connectivity index (χ1n) is 4.08. The van der Waals surface area contributed by atoms with Crippen LogP contribution >= 0.6 is 11.6 Å². The average Bonchev–Trinajstić information content (AvgIpc) is 2.65. The molecule has 0 fully saturated rings. The molecule has 0 aliphatic rings. The third-order valence-corrected chi connectivity index (χ3v) is 1.99. The molecule has 2 rings (SSSR count). The van der Waals surface area contributed by atoms with Gasteiger partial charge in [0.15, 0.2) is 11.0 Å². The van der Waals surface area contributed by atoms with E-state index < -0.39 is 5.97 Å². The van der Waals surface area contributed by atoms with Crippen LogP contribution in [0.2, 0.25) is 5.15 Å². The highest BCUT2D eigenvalue weighted by molar-refractivity contribution is 6.29. The summed E-state index contributed by atoms with van der Waals surface area (Å²) in [6, 6.07) is 4.64. The van der Waals surface area contributed by atoms with Gasteiger partial charge in [0.2, 0.25) is 0 Å². The summed E-state index contributed by atoms with van der Waals surface area (Å²) in [5.41, 5.74) is 0.136. The third kappa shape index (κ3) is 1.97. The number of pyridine rings is 1. The van der Waals surface area contributed by atoms with Gasteiger partial charge in [-0.1, -0.05) is 11.6 Å². The number of carboxylic acids is 1. The number of hydrogen-bond donors (Lipinski definition) is 1. The van der Waals surface area contributed by atoms with E-state index in [4.69, 9.17) is 16.7 Å². The Morgan fingerprint density at radius 1 is 1.40 bits per heavy atom. The van der Waals surface area contributed by atoms with Crippen LogP contribution in [0, 0.1) is 0 Å². The van der Waals surface area contributed by atoms with Gasteiger partial charge < -0.3 is 5.11 Å². The second-order valence-corrected chi connectivity index (χ2v) is 3.18. The second kappa shape index (κ2) is 3.70. The van der Waals surface area contributed by atoms with E-state index in [0.29, 0.717) is 11.0 Å². The van der Waals surface area contributed by atoms with Crippen molar-refractivity contribution in [2.45, 2.75) is 0 Å². The van der Waals surface area contributed by atoms with E-state index in [9.17, 15) is 4.79 Å². The molecule has 15 heavy (non-hydrogen) atoms. The molecule has 76 valence electrons. The number of nitrogens with zero attached hydrogens (tertiary/aromatic N) is 3. The summed E-state index contributed by atoms with van der Waals surface area (Å²) < 4.78 is 1.47. The van der Waals surface area contributed by atoms with Crippen molar-refractivity contribution >= 4 is 17.6 Å². The molecule has 6 heteroatoms. The van der Waals surface area contributed by atoms with Crippen LogP contribution in [0.3, 0.4) is 0 Å². The second-order valence-electron chi connectivity index (χ2n) is 2.79. The number of carboxylic acid groups (broad SMARTS) is 1. The van der Waals surface area contributed by atoms with Gasteiger partial charge in [-0.3, -0.25) is 0 Å². The summed E-state index contributed by atoms with van der Waals surface area (Å²) in [7, 11) is 0. The molecule has 0 bridgehead atoms. The van der Waals surface area contributed by atoms with Crippen LogP contribution in [-0.2, 0) is 0 Å². The zero-order valence-corrected chi connectivity index (χ0v) is 8.22. The van der Waals surface area contributed by atoms with Gasteiger partial charge in [0.05, 0.1) is 5.56 Å². The predicted molar refractivity (Wildman–Crippen MR) is 53.3 cm³/mol. The summed E-state index contributed by atoms with van der Waals surface area (Å²) in [5, 5.41) is 13.0. The summed E-state index contributed by atoms with van der Waals surface area (Å²) in [6.45, 7) is 0. The van der Waals surface area contributed by atoms with Crippen molar-refractivity contribution in [2.75, 3.05) is 0 Å². The maximum absolute atomic E-state index is 10.6. The van der Waals surface area contributed by atoms with Crippen molar-refractivity contribution in [3.05, 3.63) is 41.3 Å². The molecular formula is C9H6ClN3O2. The lowest BCUT2D eigenvalue weighted by Crippen LogP contribution is -2.01. The molecule has 0 saturated carbocycles. The van der Waals surface area contributed by atoms with E-state index in [-0.39, 0.29) is 5.56 Å². The Kier molecular flexibility index (Phi) is 2.39. The van der Waals surface area contributed by atoms with Gasteiger partial charge in [-0.2, -0.15) is 5.10 Å². The Bertz CT molecular complexity index is 492. The maximum atomic E-state index is 10.6. The first-order chi connectivity index (χ1) is 7.16. The standard InChI is InChI=1S/C9H6ClN3O2/c10-7-3-4-13(12-7)8-2-1-6(5-11-8)9(14)15/h1-5H,(H,14,15). The molecule has 0 saturated heterocycles. The molecule has 0 unspecified atom stereocenters. The number of aromatic carboxylic acids is 1. The zero-order valence-electron chi connectivity index (χ0n) is 7.46. The molecule has 0 radical (unpaired) electrons. The van der Waals surface area contributed by atoms with E-state index in [1.807, 2.05) is 0 Å². The van der Waals surface area contributed by atoms with Crippen LogP contribution in [0.15, 0.2) is 30.6 Å². The first-order valence-corrected chi connectivity index (χ1v) is 4.45. The van der Waals surface area contributed by atoms with Crippen LogP contribution in [0.25, 0.3) is 5.82 Å². The molecule has 1 N–H and O–H groups in total. The Morgan fingerprint density at radius 3 is 2.67 bits per heavy atom. The molecule has 2 aromatic rings.